The third-order valence-corrected chi connectivity index (χ3v) is 5.06. The molecule has 4 rings (SSSR count). The van der Waals surface area contributed by atoms with Crippen LogP contribution >= 0.6 is 0 Å². The summed E-state index contributed by atoms with van der Waals surface area (Å²) in [5.74, 6) is -1.23. The number of rotatable bonds is 3. The van der Waals surface area contributed by atoms with Gasteiger partial charge in [-0.15, -0.1) is 0 Å². The molecule has 30 heavy (non-hydrogen) atoms. The molecule has 0 saturated carbocycles. The number of esters is 2. The maximum atomic E-state index is 13.0. The second kappa shape index (κ2) is 8.10. The Morgan fingerprint density at radius 1 is 0.900 bits per heavy atom. The second-order valence-electron chi connectivity index (χ2n) is 6.76. The predicted molar refractivity (Wildman–Crippen MR) is 110 cm³/mol. The maximum absolute atomic E-state index is 13.0. The minimum Gasteiger partial charge on any atom is -0.465 e. The van der Waals surface area contributed by atoms with Crippen molar-refractivity contribution < 1.29 is 19.1 Å². The lowest BCUT2D eigenvalue weighted by molar-refractivity contribution is 0.0293. The highest BCUT2D eigenvalue weighted by Crippen LogP contribution is 2.41. The van der Waals surface area contributed by atoms with Gasteiger partial charge >= 0.3 is 11.9 Å². The third kappa shape index (κ3) is 3.38. The Morgan fingerprint density at radius 2 is 1.50 bits per heavy atom. The normalized spacial score (nSPS) is 14.5. The molecule has 0 spiro atoms. The number of hydrogen-bond donors (Lipinski definition) is 0. The standard InChI is InChI=1S/C24H18N2O4/c1-29-23(27)17-9-3-4-10-18(17)24(28)30-22-14-16-8-2-6-12-20(16)26(15-25)21-13-7-5-11-19(21)22/h2-13,22H,14H2,1H3. The first kappa shape index (κ1) is 19.2. The van der Waals surface area contributed by atoms with E-state index >= 15 is 0 Å². The molecular weight excluding hydrogens is 380 g/mol. The van der Waals surface area contributed by atoms with Crippen LogP contribution in [0.25, 0.3) is 0 Å². The van der Waals surface area contributed by atoms with Crippen LogP contribution in [0.5, 0.6) is 0 Å². The van der Waals surface area contributed by atoms with Gasteiger partial charge in [0.15, 0.2) is 6.19 Å². The fourth-order valence-corrected chi connectivity index (χ4v) is 3.66. The van der Waals surface area contributed by atoms with Crippen LogP contribution in [0.1, 0.15) is 37.9 Å². The molecule has 1 aliphatic rings. The summed E-state index contributed by atoms with van der Waals surface area (Å²) in [6, 6.07) is 21.3. The van der Waals surface area contributed by atoms with Crippen molar-refractivity contribution in [3.8, 4) is 6.19 Å². The third-order valence-electron chi connectivity index (χ3n) is 5.06. The Hall–Kier alpha value is -4.11. The molecule has 0 bridgehead atoms. The molecule has 6 heteroatoms. The number of ether oxygens (including phenoxy) is 2. The number of carbonyl (C=O) groups is 2. The second-order valence-corrected chi connectivity index (χ2v) is 6.76. The largest absolute Gasteiger partial charge is 0.465 e. The lowest BCUT2D eigenvalue weighted by atomic mass is 10.0. The lowest BCUT2D eigenvalue weighted by Gasteiger charge is -2.20. The van der Waals surface area contributed by atoms with Crippen LogP contribution < -0.4 is 4.90 Å². The number of nitrogens with zero attached hydrogens (tertiary/aromatic N) is 2. The average Bonchev–Trinajstić information content (AvgIpc) is 2.92. The van der Waals surface area contributed by atoms with Crippen LogP contribution in [0.15, 0.2) is 72.8 Å². The molecule has 3 aromatic rings. The molecule has 6 nitrogen and oxygen atoms in total. The molecule has 0 N–H and O–H groups in total. The Morgan fingerprint density at radius 3 is 2.20 bits per heavy atom. The highest BCUT2D eigenvalue weighted by Gasteiger charge is 2.30. The number of nitriles is 1. The van der Waals surface area contributed by atoms with Gasteiger partial charge in [0, 0.05) is 12.0 Å². The van der Waals surface area contributed by atoms with Gasteiger partial charge in [0.25, 0.3) is 0 Å². The van der Waals surface area contributed by atoms with Crippen molar-refractivity contribution in [2.45, 2.75) is 12.5 Å². The predicted octanol–water partition coefficient (Wildman–Crippen LogP) is 4.55. The number of carbonyl (C=O) groups excluding carboxylic acids is 2. The van der Waals surface area contributed by atoms with Crippen LogP contribution in [0.4, 0.5) is 11.4 Å². The first-order valence-corrected chi connectivity index (χ1v) is 9.39. The Balaban J connectivity index is 1.76. The highest BCUT2D eigenvalue weighted by molar-refractivity contribution is 6.03. The van der Waals surface area contributed by atoms with E-state index < -0.39 is 18.0 Å². The molecule has 0 aliphatic carbocycles. The molecule has 1 atom stereocenters. The van der Waals surface area contributed by atoms with Crippen molar-refractivity contribution >= 4 is 23.3 Å². The zero-order valence-corrected chi connectivity index (χ0v) is 16.2. The van der Waals surface area contributed by atoms with Gasteiger partial charge in [-0.25, -0.2) is 14.5 Å². The van der Waals surface area contributed by atoms with Crippen LogP contribution in [0.2, 0.25) is 0 Å². The number of hydrogen-bond acceptors (Lipinski definition) is 6. The van der Waals surface area contributed by atoms with E-state index in [0.29, 0.717) is 12.1 Å². The summed E-state index contributed by atoms with van der Waals surface area (Å²) in [4.78, 5) is 26.6. The molecule has 148 valence electrons. The molecule has 1 heterocycles. The van der Waals surface area contributed by atoms with Gasteiger partial charge in [-0.2, -0.15) is 5.26 Å². The van der Waals surface area contributed by atoms with Gasteiger partial charge < -0.3 is 9.47 Å². The number of fused-ring (bicyclic) bond motifs is 2. The summed E-state index contributed by atoms with van der Waals surface area (Å²) < 4.78 is 10.7. The first-order valence-electron chi connectivity index (χ1n) is 9.39. The molecule has 0 amide bonds. The summed E-state index contributed by atoms with van der Waals surface area (Å²) in [7, 11) is 1.26. The summed E-state index contributed by atoms with van der Waals surface area (Å²) in [6.07, 6.45) is 2.00. The minimum absolute atomic E-state index is 0.136. The van der Waals surface area contributed by atoms with E-state index in [0.717, 1.165) is 16.8 Å². The van der Waals surface area contributed by atoms with Crippen LogP contribution in [0, 0.1) is 11.5 Å². The summed E-state index contributed by atoms with van der Waals surface area (Å²) in [5, 5.41) is 9.80. The smallest absolute Gasteiger partial charge is 0.339 e. The Kier molecular flexibility index (Phi) is 5.19. The van der Waals surface area contributed by atoms with E-state index in [2.05, 4.69) is 6.19 Å². The molecule has 0 aromatic heterocycles. The number of para-hydroxylation sites is 2. The van der Waals surface area contributed by atoms with E-state index in [1.54, 1.807) is 17.0 Å². The Bertz CT molecular complexity index is 1170. The number of anilines is 2. The Labute approximate surface area is 173 Å². The van der Waals surface area contributed by atoms with Crippen LogP contribution in [0.3, 0.4) is 0 Å². The van der Waals surface area contributed by atoms with Crippen LogP contribution in [-0.4, -0.2) is 19.0 Å². The van der Waals surface area contributed by atoms with E-state index in [-0.39, 0.29) is 11.1 Å². The summed E-state index contributed by atoms with van der Waals surface area (Å²) >= 11 is 0. The quantitative estimate of drug-likeness (QED) is 0.476. The molecule has 3 aromatic carbocycles. The van der Waals surface area contributed by atoms with Crippen molar-refractivity contribution in [1.82, 2.24) is 0 Å². The molecule has 0 saturated heterocycles. The molecular formula is C24H18N2O4. The van der Waals surface area contributed by atoms with E-state index in [9.17, 15) is 14.9 Å². The SMILES string of the molecule is COC(=O)c1ccccc1C(=O)OC1Cc2ccccc2N(C#N)c2ccccc21. The van der Waals surface area contributed by atoms with Crippen molar-refractivity contribution in [2.24, 2.45) is 0 Å². The maximum Gasteiger partial charge on any atom is 0.339 e. The van der Waals surface area contributed by atoms with Gasteiger partial charge in [-0.05, 0) is 29.8 Å². The summed E-state index contributed by atoms with van der Waals surface area (Å²) in [6.45, 7) is 0. The molecule has 0 radical (unpaired) electrons. The lowest BCUT2D eigenvalue weighted by Crippen LogP contribution is -2.17. The first-order chi connectivity index (χ1) is 14.6. The van der Waals surface area contributed by atoms with Gasteiger partial charge in [-0.3, -0.25) is 0 Å². The van der Waals surface area contributed by atoms with Gasteiger partial charge in [0.1, 0.15) is 6.10 Å². The summed E-state index contributed by atoms with van der Waals surface area (Å²) in [5.41, 5.74) is 3.29. The monoisotopic (exact) mass is 398 g/mol. The molecule has 0 fully saturated rings. The average molecular weight is 398 g/mol. The van der Waals surface area contributed by atoms with Gasteiger partial charge in [0.05, 0.1) is 29.6 Å². The number of benzene rings is 3. The van der Waals surface area contributed by atoms with Crippen molar-refractivity contribution in [3.63, 3.8) is 0 Å². The molecule has 1 unspecified atom stereocenters. The van der Waals surface area contributed by atoms with Crippen molar-refractivity contribution in [1.29, 1.82) is 5.26 Å². The van der Waals surface area contributed by atoms with Crippen molar-refractivity contribution in [3.05, 3.63) is 95.1 Å². The fourth-order valence-electron chi connectivity index (χ4n) is 3.66. The van der Waals surface area contributed by atoms with E-state index in [4.69, 9.17) is 9.47 Å². The van der Waals surface area contributed by atoms with Gasteiger partial charge in [-0.1, -0.05) is 48.5 Å². The zero-order valence-electron chi connectivity index (χ0n) is 16.2. The van der Waals surface area contributed by atoms with Gasteiger partial charge in [0.2, 0.25) is 0 Å². The van der Waals surface area contributed by atoms with Crippen molar-refractivity contribution in [2.75, 3.05) is 12.0 Å². The fraction of sp³-hybridized carbons (Fsp3) is 0.125. The van der Waals surface area contributed by atoms with E-state index in [1.165, 1.54) is 19.2 Å². The minimum atomic E-state index is -0.626. The number of methoxy groups -OCH3 is 1. The van der Waals surface area contributed by atoms with E-state index in [1.807, 2.05) is 48.5 Å². The van der Waals surface area contributed by atoms with Crippen LogP contribution in [-0.2, 0) is 15.9 Å². The zero-order chi connectivity index (χ0) is 21.1. The highest BCUT2D eigenvalue weighted by atomic mass is 16.5. The molecule has 1 aliphatic heterocycles. The topological polar surface area (TPSA) is 79.6 Å².